The lowest BCUT2D eigenvalue weighted by Gasteiger charge is -2.12. The number of carbonyl (C=O) groups excluding carboxylic acids is 2. The molecule has 0 aliphatic carbocycles. The quantitative estimate of drug-likeness (QED) is 0.710. The van der Waals surface area contributed by atoms with E-state index in [0.717, 1.165) is 0 Å². The summed E-state index contributed by atoms with van der Waals surface area (Å²) in [4.78, 5) is 46.8. The van der Waals surface area contributed by atoms with Crippen LogP contribution in [0.15, 0.2) is 29.2 Å². The highest BCUT2D eigenvalue weighted by molar-refractivity contribution is 5.87. The number of hydrogen-bond donors (Lipinski definition) is 3. The highest BCUT2D eigenvalue weighted by Gasteiger charge is 2.17. The molecule has 1 atom stereocenters. The molecular formula is C16H19N5O3. The summed E-state index contributed by atoms with van der Waals surface area (Å²) in [6, 6.07) is 4.61. The van der Waals surface area contributed by atoms with Gasteiger partial charge in [-0.25, -0.2) is 4.98 Å². The highest BCUT2D eigenvalue weighted by atomic mass is 16.2. The first-order chi connectivity index (χ1) is 11.4. The summed E-state index contributed by atoms with van der Waals surface area (Å²) in [5, 5.41) is 4.98. The van der Waals surface area contributed by atoms with Crippen molar-refractivity contribution in [1.82, 2.24) is 25.6 Å². The van der Waals surface area contributed by atoms with Gasteiger partial charge >= 0.3 is 0 Å². The Bertz CT molecular complexity index is 801. The molecule has 8 nitrogen and oxygen atoms in total. The van der Waals surface area contributed by atoms with Crippen LogP contribution >= 0.6 is 0 Å². The Morgan fingerprint density at radius 2 is 2.08 bits per heavy atom. The van der Waals surface area contributed by atoms with Gasteiger partial charge in [-0.15, -0.1) is 0 Å². The summed E-state index contributed by atoms with van der Waals surface area (Å²) >= 11 is 0. The molecule has 2 rings (SSSR count). The van der Waals surface area contributed by atoms with Crippen molar-refractivity contribution < 1.29 is 9.59 Å². The van der Waals surface area contributed by atoms with E-state index in [9.17, 15) is 14.4 Å². The van der Waals surface area contributed by atoms with Crippen LogP contribution in [0.5, 0.6) is 0 Å². The van der Waals surface area contributed by atoms with Crippen LogP contribution in [0, 0.1) is 6.92 Å². The third-order valence-electron chi connectivity index (χ3n) is 3.48. The van der Waals surface area contributed by atoms with Crippen LogP contribution in [0.25, 0.3) is 11.5 Å². The average molecular weight is 329 g/mol. The third-order valence-corrected chi connectivity index (χ3v) is 3.48. The van der Waals surface area contributed by atoms with E-state index >= 15 is 0 Å². The van der Waals surface area contributed by atoms with Crippen molar-refractivity contribution in [3.63, 3.8) is 0 Å². The van der Waals surface area contributed by atoms with Gasteiger partial charge in [0.2, 0.25) is 11.8 Å². The fourth-order valence-electron chi connectivity index (χ4n) is 2.18. The molecule has 0 spiro atoms. The summed E-state index contributed by atoms with van der Waals surface area (Å²) < 4.78 is 0. The monoisotopic (exact) mass is 329 g/mol. The second kappa shape index (κ2) is 7.49. The number of aryl methyl sites for hydroxylation is 1. The molecule has 126 valence electrons. The van der Waals surface area contributed by atoms with Gasteiger partial charge in [0.05, 0.1) is 6.42 Å². The molecule has 2 aromatic heterocycles. The van der Waals surface area contributed by atoms with Crippen LogP contribution in [-0.2, 0) is 16.0 Å². The van der Waals surface area contributed by atoms with Crippen LogP contribution in [0.1, 0.15) is 18.2 Å². The van der Waals surface area contributed by atoms with Gasteiger partial charge in [-0.1, -0.05) is 6.07 Å². The highest BCUT2D eigenvalue weighted by Crippen LogP contribution is 2.11. The lowest BCUT2D eigenvalue weighted by Crippen LogP contribution is -2.44. The molecule has 0 saturated heterocycles. The molecule has 0 aliphatic rings. The lowest BCUT2D eigenvalue weighted by atomic mass is 10.1. The maximum Gasteiger partial charge on any atom is 0.255 e. The summed E-state index contributed by atoms with van der Waals surface area (Å²) in [6.07, 6.45) is 1.45. The van der Waals surface area contributed by atoms with Gasteiger partial charge in [-0.2, -0.15) is 0 Å². The molecule has 24 heavy (non-hydrogen) atoms. The summed E-state index contributed by atoms with van der Waals surface area (Å²) in [5.41, 5.74) is 0.853. The van der Waals surface area contributed by atoms with E-state index in [1.54, 1.807) is 38.2 Å². The predicted octanol–water partition coefficient (Wildman–Crippen LogP) is -0.0665. The van der Waals surface area contributed by atoms with E-state index < -0.39 is 17.5 Å². The molecule has 2 amide bonds. The molecule has 0 aromatic carbocycles. The zero-order valence-electron chi connectivity index (χ0n) is 13.7. The van der Waals surface area contributed by atoms with Crippen LogP contribution in [0.2, 0.25) is 0 Å². The largest absolute Gasteiger partial charge is 0.357 e. The van der Waals surface area contributed by atoms with Crippen molar-refractivity contribution in [2.24, 2.45) is 0 Å². The van der Waals surface area contributed by atoms with Crippen molar-refractivity contribution in [1.29, 1.82) is 0 Å². The minimum absolute atomic E-state index is 0.155. The van der Waals surface area contributed by atoms with E-state index in [-0.39, 0.29) is 17.9 Å². The normalized spacial score (nSPS) is 11.6. The minimum Gasteiger partial charge on any atom is -0.357 e. The second-order valence-corrected chi connectivity index (χ2v) is 5.27. The number of aromatic nitrogens is 3. The average Bonchev–Trinajstić information content (AvgIpc) is 2.57. The maximum absolute atomic E-state index is 12.3. The topological polar surface area (TPSA) is 117 Å². The lowest BCUT2D eigenvalue weighted by molar-refractivity contribution is -0.128. The number of rotatable bonds is 5. The fraction of sp³-hybridized carbons (Fsp3) is 0.312. The first-order valence-electron chi connectivity index (χ1n) is 7.44. The standard InChI is InChI=1S/C16H19N5O3/c1-9-11(8-13(22)19-10(2)15(23)17-3)16(24)21-14(20-9)12-6-4-5-7-18-12/h4-7,10H,8H2,1-3H3,(H,17,23)(H,19,22)(H,20,21,24). The molecule has 2 heterocycles. The number of aromatic amines is 1. The molecule has 8 heteroatoms. The van der Waals surface area contributed by atoms with Crippen molar-refractivity contribution in [2.45, 2.75) is 26.3 Å². The smallest absolute Gasteiger partial charge is 0.255 e. The van der Waals surface area contributed by atoms with E-state index in [1.165, 1.54) is 7.05 Å². The third kappa shape index (κ3) is 4.03. The first kappa shape index (κ1) is 17.3. The molecular weight excluding hydrogens is 310 g/mol. The molecule has 0 aliphatic heterocycles. The van der Waals surface area contributed by atoms with Gasteiger partial charge in [0.25, 0.3) is 5.56 Å². The zero-order chi connectivity index (χ0) is 17.7. The van der Waals surface area contributed by atoms with Crippen LogP contribution in [0.4, 0.5) is 0 Å². The second-order valence-electron chi connectivity index (χ2n) is 5.27. The molecule has 1 unspecified atom stereocenters. The van der Waals surface area contributed by atoms with Crippen molar-refractivity contribution in [3.05, 3.63) is 46.0 Å². The van der Waals surface area contributed by atoms with E-state index in [2.05, 4.69) is 25.6 Å². The van der Waals surface area contributed by atoms with E-state index in [1.807, 2.05) is 0 Å². The van der Waals surface area contributed by atoms with Crippen LogP contribution < -0.4 is 16.2 Å². The number of pyridine rings is 1. The Morgan fingerprint density at radius 1 is 1.33 bits per heavy atom. The molecule has 3 N–H and O–H groups in total. The molecule has 2 aromatic rings. The van der Waals surface area contributed by atoms with E-state index in [4.69, 9.17) is 0 Å². The zero-order valence-corrected chi connectivity index (χ0v) is 13.7. The molecule has 0 radical (unpaired) electrons. The van der Waals surface area contributed by atoms with Crippen molar-refractivity contribution in [2.75, 3.05) is 7.05 Å². The SMILES string of the molecule is CNC(=O)C(C)NC(=O)Cc1c(C)nc(-c2ccccn2)[nH]c1=O. The molecule has 0 fully saturated rings. The number of nitrogens with one attached hydrogen (secondary N) is 3. The number of amides is 2. The van der Waals surface area contributed by atoms with Crippen LogP contribution in [0.3, 0.4) is 0 Å². The Kier molecular flexibility index (Phi) is 5.41. The van der Waals surface area contributed by atoms with Gasteiger partial charge in [0.15, 0.2) is 5.82 Å². The number of H-pyrrole nitrogens is 1. The van der Waals surface area contributed by atoms with Gasteiger partial charge in [-0.3, -0.25) is 19.4 Å². The first-order valence-corrected chi connectivity index (χ1v) is 7.44. The summed E-state index contributed by atoms with van der Waals surface area (Å²) in [7, 11) is 1.49. The van der Waals surface area contributed by atoms with Crippen molar-refractivity contribution >= 4 is 11.8 Å². The summed E-state index contributed by atoms with van der Waals surface area (Å²) in [5.74, 6) is -0.384. The molecule has 0 bridgehead atoms. The summed E-state index contributed by atoms with van der Waals surface area (Å²) in [6.45, 7) is 3.22. The van der Waals surface area contributed by atoms with Crippen molar-refractivity contribution in [3.8, 4) is 11.5 Å². The van der Waals surface area contributed by atoms with Gasteiger partial charge in [0, 0.05) is 24.5 Å². The molecule has 0 saturated carbocycles. The number of nitrogens with zero attached hydrogens (tertiary/aromatic N) is 2. The number of likely N-dealkylation sites (N-methyl/N-ethyl adjacent to an activating group) is 1. The Morgan fingerprint density at radius 3 is 2.67 bits per heavy atom. The van der Waals surface area contributed by atoms with Crippen LogP contribution in [-0.4, -0.2) is 39.9 Å². The Hall–Kier alpha value is -3.03. The fourth-order valence-corrected chi connectivity index (χ4v) is 2.18. The maximum atomic E-state index is 12.3. The minimum atomic E-state index is -0.678. The Labute approximate surface area is 138 Å². The van der Waals surface area contributed by atoms with Gasteiger partial charge in [-0.05, 0) is 26.0 Å². The number of carbonyl (C=O) groups is 2. The van der Waals surface area contributed by atoms with Gasteiger partial charge in [0.1, 0.15) is 11.7 Å². The Balaban J connectivity index is 2.19. The number of hydrogen-bond acceptors (Lipinski definition) is 5. The predicted molar refractivity (Wildman–Crippen MR) is 88.2 cm³/mol. The van der Waals surface area contributed by atoms with Gasteiger partial charge < -0.3 is 15.6 Å². The van der Waals surface area contributed by atoms with E-state index in [0.29, 0.717) is 17.2 Å².